The maximum Gasteiger partial charge on any atom is 0.335 e. The highest BCUT2D eigenvalue weighted by Gasteiger charge is 2.11. The van der Waals surface area contributed by atoms with Crippen LogP contribution in [0.1, 0.15) is 13.3 Å². The Morgan fingerprint density at radius 3 is 1.81 bits per heavy atom. The minimum Gasteiger partial charge on any atom is -0.426 e. The first-order valence-electron chi connectivity index (χ1n) is 8.10. The summed E-state index contributed by atoms with van der Waals surface area (Å²) in [6.07, 6.45) is 2.31. The largest absolute Gasteiger partial charge is 0.426 e. The molecule has 2 aromatic carbocycles. The average Bonchev–Trinajstić information content (AvgIpc) is 2.67. The van der Waals surface area contributed by atoms with Gasteiger partial charge in [0.05, 0.1) is 0 Å². The Kier molecular flexibility index (Phi) is 6.66. The maximum absolute atomic E-state index is 11.6. The lowest BCUT2D eigenvalue weighted by Crippen LogP contribution is -2.07. The first kappa shape index (κ1) is 19.7. The predicted molar refractivity (Wildman–Crippen MR) is 99.5 cm³/mol. The van der Waals surface area contributed by atoms with Crippen molar-refractivity contribution in [2.24, 2.45) is 0 Å². The van der Waals surface area contributed by atoms with Gasteiger partial charge in [-0.25, -0.2) is 9.59 Å². The number of carbonyl (C=O) groups is 3. The van der Waals surface area contributed by atoms with Crippen molar-refractivity contribution >= 4 is 17.9 Å². The van der Waals surface area contributed by atoms with Crippen LogP contribution in [0.5, 0.6) is 17.2 Å². The minimum absolute atomic E-state index is 0.204. The SMILES string of the molecule is C=CC(=O)Oc1ccc(-c2cc(OC(=O)C=C)cc(OC(=O)CC)c2)cc1. The first-order chi connectivity index (χ1) is 12.9. The number of hydrogen-bond acceptors (Lipinski definition) is 6. The van der Waals surface area contributed by atoms with E-state index in [0.717, 1.165) is 17.7 Å². The van der Waals surface area contributed by atoms with Gasteiger partial charge >= 0.3 is 17.9 Å². The van der Waals surface area contributed by atoms with Gasteiger partial charge in [0.15, 0.2) is 0 Å². The van der Waals surface area contributed by atoms with E-state index < -0.39 is 17.9 Å². The molecule has 6 nitrogen and oxygen atoms in total. The van der Waals surface area contributed by atoms with Crippen molar-refractivity contribution in [1.82, 2.24) is 0 Å². The summed E-state index contributed by atoms with van der Waals surface area (Å²) >= 11 is 0. The Balaban J connectivity index is 2.36. The molecule has 0 aliphatic heterocycles. The third-order valence-electron chi connectivity index (χ3n) is 3.36. The van der Waals surface area contributed by atoms with Crippen LogP contribution in [0.3, 0.4) is 0 Å². The number of ether oxygens (including phenoxy) is 3. The van der Waals surface area contributed by atoms with Crippen molar-refractivity contribution in [3.05, 3.63) is 67.8 Å². The molecule has 0 radical (unpaired) electrons. The fraction of sp³-hybridized carbons (Fsp3) is 0.0952. The lowest BCUT2D eigenvalue weighted by atomic mass is 10.0. The Morgan fingerprint density at radius 1 is 0.778 bits per heavy atom. The zero-order valence-corrected chi connectivity index (χ0v) is 14.8. The van der Waals surface area contributed by atoms with E-state index in [1.165, 1.54) is 6.07 Å². The summed E-state index contributed by atoms with van der Waals surface area (Å²) in [7, 11) is 0. The summed E-state index contributed by atoms with van der Waals surface area (Å²) in [5.74, 6) is -0.802. The zero-order valence-electron chi connectivity index (χ0n) is 14.8. The number of benzene rings is 2. The molecule has 0 N–H and O–H groups in total. The molecule has 2 aromatic rings. The fourth-order valence-electron chi connectivity index (χ4n) is 2.09. The standard InChI is InChI=1S/C21H18O6/c1-4-19(22)25-16-9-7-14(8-10-16)15-11-17(26-20(23)5-2)13-18(12-15)27-21(24)6-3/h4-5,7-13H,1-2,6H2,3H3. The first-order valence-corrected chi connectivity index (χ1v) is 8.10. The summed E-state index contributed by atoms with van der Waals surface area (Å²) in [6, 6.07) is 11.3. The second-order valence-electron chi connectivity index (χ2n) is 5.30. The Hall–Kier alpha value is -3.67. The highest BCUT2D eigenvalue weighted by Crippen LogP contribution is 2.31. The van der Waals surface area contributed by atoms with Gasteiger partial charge in [0.25, 0.3) is 0 Å². The third-order valence-corrected chi connectivity index (χ3v) is 3.36. The van der Waals surface area contributed by atoms with Gasteiger partial charge in [-0.1, -0.05) is 32.2 Å². The van der Waals surface area contributed by atoms with Crippen molar-refractivity contribution in [3.63, 3.8) is 0 Å². The summed E-state index contributed by atoms with van der Waals surface area (Å²) in [6.45, 7) is 8.37. The highest BCUT2D eigenvalue weighted by molar-refractivity contribution is 5.84. The van der Waals surface area contributed by atoms with Gasteiger partial charge in [0.1, 0.15) is 17.2 Å². The van der Waals surface area contributed by atoms with Crippen LogP contribution >= 0.6 is 0 Å². The quantitative estimate of drug-likeness (QED) is 0.421. The smallest absolute Gasteiger partial charge is 0.335 e. The van der Waals surface area contributed by atoms with Gasteiger partial charge in [-0.15, -0.1) is 0 Å². The molecule has 0 aliphatic rings. The lowest BCUT2D eigenvalue weighted by Gasteiger charge is -2.10. The van der Waals surface area contributed by atoms with Crippen molar-refractivity contribution in [1.29, 1.82) is 0 Å². The van der Waals surface area contributed by atoms with Crippen LogP contribution < -0.4 is 14.2 Å². The average molecular weight is 366 g/mol. The van der Waals surface area contributed by atoms with Crippen LogP contribution in [0.15, 0.2) is 67.8 Å². The molecule has 0 atom stereocenters. The molecule has 6 heteroatoms. The number of hydrogen-bond donors (Lipinski definition) is 0. The topological polar surface area (TPSA) is 78.9 Å². The van der Waals surface area contributed by atoms with Crippen molar-refractivity contribution in [2.75, 3.05) is 0 Å². The molecule has 138 valence electrons. The molecule has 2 rings (SSSR count). The Morgan fingerprint density at radius 2 is 1.30 bits per heavy atom. The normalized spacial score (nSPS) is 9.81. The molecule has 0 spiro atoms. The van der Waals surface area contributed by atoms with Crippen LogP contribution in [0.2, 0.25) is 0 Å². The molecular formula is C21H18O6. The summed E-state index contributed by atoms with van der Waals surface area (Å²) < 4.78 is 15.4. The van der Waals surface area contributed by atoms with E-state index in [1.54, 1.807) is 43.3 Å². The van der Waals surface area contributed by atoms with Gasteiger partial charge in [0, 0.05) is 24.6 Å². The van der Waals surface area contributed by atoms with Gasteiger partial charge in [0.2, 0.25) is 0 Å². The van der Waals surface area contributed by atoms with E-state index in [-0.39, 0.29) is 17.9 Å². The Labute approximate surface area is 156 Å². The van der Waals surface area contributed by atoms with Gasteiger partial charge in [-0.3, -0.25) is 4.79 Å². The molecule has 0 heterocycles. The molecule has 0 fully saturated rings. The van der Waals surface area contributed by atoms with Crippen molar-refractivity contribution < 1.29 is 28.6 Å². The van der Waals surface area contributed by atoms with E-state index in [9.17, 15) is 14.4 Å². The van der Waals surface area contributed by atoms with Crippen LogP contribution in [0.4, 0.5) is 0 Å². The monoisotopic (exact) mass is 366 g/mol. The summed E-state index contributed by atoms with van der Waals surface area (Å²) in [5.41, 5.74) is 1.38. The molecule has 27 heavy (non-hydrogen) atoms. The summed E-state index contributed by atoms with van der Waals surface area (Å²) in [4.78, 5) is 34.3. The van der Waals surface area contributed by atoms with E-state index in [4.69, 9.17) is 14.2 Å². The number of rotatable bonds is 7. The van der Waals surface area contributed by atoms with E-state index in [2.05, 4.69) is 13.2 Å². The van der Waals surface area contributed by atoms with E-state index in [1.807, 2.05) is 0 Å². The maximum atomic E-state index is 11.6. The van der Waals surface area contributed by atoms with Gasteiger partial charge < -0.3 is 14.2 Å². The molecule has 0 saturated heterocycles. The number of carbonyl (C=O) groups excluding carboxylic acids is 3. The van der Waals surface area contributed by atoms with Crippen LogP contribution in [-0.2, 0) is 14.4 Å². The van der Waals surface area contributed by atoms with Crippen molar-refractivity contribution in [2.45, 2.75) is 13.3 Å². The second-order valence-corrected chi connectivity index (χ2v) is 5.30. The fourth-order valence-corrected chi connectivity index (χ4v) is 2.09. The number of esters is 3. The molecule has 0 amide bonds. The summed E-state index contributed by atoms with van der Waals surface area (Å²) in [5, 5.41) is 0. The van der Waals surface area contributed by atoms with Gasteiger partial charge in [-0.2, -0.15) is 0 Å². The zero-order chi connectivity index (χ0) is 19.8. The van der Waals surface area contributed by atoms with Crippen LogP contribution in [0.25, 0.3) is 11.1 Å². The molecule has 0 aliphatic carbocycles. The minimum atomic E-state index is -0.633. The molecule has 0 unspecified atom stereocenters. The predicted octanol–water partition coefficient (Wildman–Crippen LogP) is 3.85. The Bertz CT molecular complexity index is 880. The second kappa shape index (κ2) is 9.15. The molecular weight excluding hydrogens is 348 g/mol. The van der Waals surface area contributed by atoms with E-state index in [0.29, 0.717) is 11.3 Å². The van der Waals surface area contributed by atoms with Crippen LogP contribution in [-0.4, -0.2) is 17.9 Å². The highest BCUT2D eigenvalue weighted by atomic mass is 16.5. The van der Waals surface area contributed by atoms with E-state index >= 15 is 0 Å². The van der Waals surface area contributed by atoms with Crippen LogP contribution in [0, 0.1) is 0 Å². The third kappa shape index (κ3) is 5.67. The lowest BCUT2D eigenvalue weighted by molar-refractivity contribution is -0.134. The van der Waals surface area contributed by atoms with Crippen molar-refractivity contribution in [3.8, 4) is 28.4 Å². The molecule has 0 saturated carbocycles. The van der Waals surface area contributed by atoms with Gasteiger partial charge in [-0.05, 0) is 35.4 Å². The molecule has 0 aromatic heterocycles. The molecule has 0 bridgehead atoms.